The molecule has 0 radical (unpaired) electrons. The number of hydrogen-bond donors (Lipinski definition) is 0. The highest BCUT2D eigenvalue weighted by Crippen LogP contribution is 2.18. The van der Waals surface area contributed by atoms with E-state index in [0.29, 0.717) is 55.2 Å². The highest BCUT2D eigenvalue weighted by Gasteiger charge is 2.24. The van der Waals surface area contributed by atoms with Crippen molar-refractivity contribution in [1.82, 2.24) is 9.80 Å². The lowest BCUT2D eigenvalue weighted by Crippen LogP contribution is -2.37. The zero-order valence-electron chi connectivity index (χ0n) is 16.6. The summed E-state index contributed by atoms with van der Waals surface area (Å²) >= 11 is 0. The first kappa shape index (κ1) is 20.4. The minimum absolute atomic E-state index is 0.0567. The Balaban J connectivity index is 1.65. The second-order valence-electron chi connectivity index (χ2n) is 6.79. The van der Waals surface area contributed by atoms with Gasteiger partial charge in [0.2, 0.25) is 0 Å². The molecule has 0 atom stereocenters. The SMILES string of the molecule is COc1ccc(C(=O)N2CCCN(C(=O)c3cccc(OC(C)=O)c3)CC2)cc1. The molecule has 0 aliphatic carbocycles. The molecule has 0 spiro atoms. The Morgan fingerprint density at radius 2 is 1.41 bits per heavy atom. The minimum atomic E-state index is -0.433. The predicted octanol–water partition coefficient (Wildman–Crippen LogP) is 2.61. The van der Waals surface area contributed by atoms with Crippen LogP contribution >= 0.6 is 0 Å². The Morgan fingerprint density at radius 3 is 2.00 bits per heavy atom. The lowest BCUT2D eigenvalue weighted by Gasteiger charge is -2.22. The van der Waals surface area contributed by atoms with Gasteiger partial charge in [0.1, 0.15) is 11.5 Å². The van der Waals surface area contributed by atoms with Gasteiger partial charge in [-0.1, -0.05) is 6.07 Å². The van der Waals surface area contributed by atoms with Crippen molar-refractivity contribution in [2.45, 2.75) is 13.3 Å². The van der Waals surface area contributed by atoms with Crippen molar-refractivity contribution < 1.29 is 23.9 Å². The standard InChI is InChI=1S/C22H24N2O5/c1-16(25)29-20-6-3-5-18(15-20)22(27)24-12-4-11-23(13-14-24)21(26)17-7-9-19(28-2)10-8-17/h3,5-10,15H,4,11-14H2,1-2H3. The third-order valence-electron chi connectivity index (χ3n) is 4.75. The smallest absolute Gasteiger partial charge is 0.308 e. The van der Waals surface area contributed by atoms with Crippen LogP contribution in [0.3, 0.4) is 0 Å². The summed E-state index contributed by atoms with van der Waals surface area (Å²) in [5.41, 5.74) is 1.05. The molecule has 1 heterocycles. The number of rotatable bonds is 4. The number of nitrogens with zero attached hydrogens (tertiary/aromatic N) is 2. The second kappa shape index (κ2) is 9.23. The van der Waals surface area contributed by atoms with Crippen LogP contribution in [0, 0.1) is 0 Å². The van der Waals surface area contributed by atoms with Gasteiger partial charge in [0, 0.05) is 44.2 Å². The molecule has 0 N–H and O–H groups in total. The van der Waals surface area contributed by atoms with Gasteiger partial charge in [-0.15, -0.1) is 0 Å². The van der Waals surface area contributed by atoms with Crippen LogP contribution in [0.1, 0.15) is 34.1 Å². The van der Waals surface area contributed by atoms with E-state index in [1.807, 2.05) is 0 Å². The molecule has 29 heavy (non-hydrogen) atoms. The van der Waals surface area contributed by atoms with Gasteiger partial charge in [-0.25, -0.2) is 0 Å². The summed E-state index contributed by atoms with van der Waals surface area (Å²) in [5, 5.41) is 0. The molecule has 0 bridgehead atoms. The van der Waals surface area contributed by atoms with Crippen LogP contribution < -0.4 is 9.47 Å². The van der Waals surface area contributed by atoms with E-state index in [-0.39, 0.29) is 11.8 Å². The maximum absolute atomic E-state index is 12.9. The van der Waals surface area contributed by atoms with Crippen LogP contribution in [0.25, 0.3) is 0 Å². The largest absolute Gasteiger partial charge is 0.497 e. The van der Waals surface area contributed by atoms with Crippen molar-refractivity contribution in [3.8, 4) is 11.5 Å². The molecule has 152 valence electrons. The van der Waals surface area contributed by atoms with Gasteiger partial charge in [0.15, 0.2) is 0 Å². The average Bonchev–Trinajstić information content (AvgIpc) is 2.99. The first-order chi connectivity index (χ1) is 14.0. The molecule has 0 unspecified atom stereocenters. The molecule has 0 saturated carbocycles. The summed E-state index contributed by atoms with van der Waals surface area (Å²) in [6.45, 7) is 3.36. The van der Waals surface area contributed by atoms with Gasteiger partial charge in [-0.05, 0) is 48.9 Å². The number of benzene rings is 2. The molecule has 1 saturated heterocycles. The van der Waals surface area contributed by atoms with E-state index in [0.717, 1.165) is 0 Å². The molecule has 7 nitrogen and oxygen atoms in total. The van der Waals surface area contributed by atoms with Gasteiger partial charge in [-0.3, -0.25) is 14.4 Å². The summed E-state index contributed by atoms with van der Waals surface area (Å²) in [6, 6.07) is 13.6. The Labute approximate surface area is 169 Å². The molecule has 0 aromatic heterocycles. The first-order valence-electron chi connectivity index (χ1n) is 9.49. The topological polar surface area (TPSA) is 76.2 Å². The molecule has 2 amide bonds. The number of esters is 1. The van der Waals surface area contributed by atoms with Crippen molar-refractivity contribution in [3.05, 3.63) is 59.7 Å². The van der Waals surface area contributed by atoms with Crippen molar-refractivity contribution in [2.24, 2.45) is 0 Å². The van der Waals surface area contributed by atoms with E-state index in [2.05, 4.69) is 0 Å². The second-order valence-corrected chi connectivity index (χ2v) is 6.79. The summed E-state index contributed by atoms with van der Waals surface area (Å²) in [4.78, 5) is 40.3. The molecule has 3 rings (SSSR count). The number of carbonyl (C=O) groups excluding carboxylic acids is 3. The van der Waals surface area contributed by atoms with Crippen LogP contribution in [-0.2, 0) is 4.79 Å². The third-order valence-corrected chi connectivity index (χ3v) is 4.75. The Hall–Kier alpha value is -3.35. The Bertz CT molecular complexity index is 894. The lowest BCUT2D eigenvalue weighted by molar-refractivity contribution is -0.131. The summed E-state index contributed by atoms with van der Waals surface area (Å²) in [5.74, 6) is 0.410. The van der Waals surface area contributed by atoms with E-state index in [1.165, 1.54) is 6.92 Å². The highest BCUT2D eigenvalue weighted by atomic mass is 16.5. The Kier molecular flexibility index (Phi) is 6.49. The normalized spacial score (nSPS) is 14.1. The zero-order chi connectivity index (χ0) is 20.8. The minimum Gasteiger partial charge on any atom is -0.497 e. The summed E-state index contributed by atoms with van der Waals surface area (Å²) in [7, 11) is 1.58. The van der Waals surface area contributed by atoms with E-state index in [9.17, 15) is 14.4 Å². The van der Waals surface area contributed by atoms with Crippen molar-refractivity contribution in [1.29, 1.82) is 0 Å². The van der Waals surface area contributed by atoms with Gasteiger partial charge >= 0.3 is 5.97 Å². The van der Waals surface area contributed by atoms with Gasteiger partial charge in [0.05, 0.1) is 7.11 Å². The third kappa shape index (κ3) is 5.13. The van der Waals surface area contributed by atoms with Crippen LogP contribution in [0.4, 0.5) is 0 Å². The molecular weight excluding hydrogens is 372 g/mol. The van der Waals surface area contributed by atoms with Gasteiger partial charge in [-0.2, -0.15) is 0 Å². The predicted molar refractivity (Wildman–Crippen MR) is 107 cm³/mol. The summed E-state index contributed by atoms with van der Waals surface area (Å²) < 4.78 is 10.2. The van der Waals surface area contributed by atoms with Gasteiger partial charge in [0.25, 0.3) is 11.8 Å². The fourth-order valence-corrected chi connectivity index (χ4v) is 3.28. The van der Waals surface area contributed by atoms with Crippen LogP contribution in [0.2, 0.25) is 0 Å². The molecule has 1 fully saturated rings. The lowest BCUT2D eigenvalue weighted by atomic mass is 10.2. The highest BCUT2D eigenvalue weighted by molar-refractivity contribution is 5.96. The van der Waals surface area contributed by atoms with Crippen LogP contribution in [0.5, 0.6) is 11.5 Å². The number of carbonyl (C=O) groups is 3. The number of hydrogen-bond acceptors (Lipinski definition) is 5. The van der Waals surface area contributed by atoms with Crippen LogP contribution in [0.15, 0.2) is 48.5 Å². The number of amides is 2. The average molecular weight is 396 g/mol. The maximum atomic E-state index is 12.9. The fourth-order valence-electron chi connectivity index (χ4n) is 3.28. The van der Waals surface area contributed by atoms with E-state index < -0.39 is 5.97 Å². The van der Waals surface area contributed by atoms with Crippen molar-refractivity contribution in [3.63, 3.8) is 0 Å². The number of methoxy groups -OCH3 is 1. The molecule has 2 aromatic carbocycles. The van der Waals surface area contributed by atoms with E-state index >= 15 is 0 Å². The Morgan fingerprint density at radius 1 is 0.793 bits per heavy atom. The molecule has 2 aromatic rings. The van der Waals surface area contributed by atoms with Crippen molar-refractivity contribution >= 4 is 17.8 Å². The van der Waals surface area contributed by atoms with Gasteiger partial charge < -0.3 is 19.3 Å². The molecule has 7 heteroatoms. The maximum Gasteiger partial charge on any atom is 0.308 e. The molecular formula is C22H24N2O5. The molecule has 1 aliphatic heterocycles. The zero-order valence-corrected chi connectivity index (χ0v) is 16.6. The van der Waals surface area contributed by atoms with Crippen LogP contribution in [-0.4, -0.2) is 60.9 Å². The van der Waals surface area contributed by atoms with E-state index in [4.69, 9.17) is 9.47 Å². The fraction of sp³-hybridized carbons (Fsp3) is 0.318. The number of ether oxygens (including phenoxy) is 2. The first-order valence-corrected chi connectivity index (χ1v) is 9.49. The van der Waals surface area contributed by atoms with E-state index in [1.54, 1.807) is 65.4 Å². The quantitative estimate of drug-likeness (QED) is 0.587. The van der Waals surface area contributed by atoms with Crippen molar-refractivity contribution in [2.75, 3.05) is 33.3 Å². The summed E-state index contributed by atoms with van der Waals surface area (Å²) in [6.07, 6.45) is 0.692. The molecule has 1 aliphatic rings. The monoisotopic (exact) mass is 396 g/mol.